The summed E-state index contributed by atoms with van der Waals surface area (Å²) in [7, 11) is 0. The van der Waals surface area contributed by atoms with Crippen LogP contribution in [0.3, 0.4) is 0 Å². The molecule has 1 aromatic rings. The zero-order valence-electron chi connectivity index (χ0n) is 6.66. The third-order valence-corrected chi connectivity index (χ3v) is 1.90. The molecule has 1 rings (SSSR count). The molecule has 1 aromatic heterocycles. The van der Waals surface area contributed by atoms with Crippen LogP contribution in [-0.4, -0.2) is 6.21 Å². The van der Waals surface area contributed by atoms with E-state index in [-0.39, 0.29) is 0 Å². The second-order valence-electron chi connectivity index (χ2n) is 2.58. The van der Waals surface area contributed by atoms with Crippen LogP contribution in [0, 0.1) is 0 Å². The second kappa shape index (κ2) is 3.96. The van der Waals surface area contributed by atoms with Crippen LogP contribution in [0.25, 0.3) is 0 Å². The van der Waals surface area contributed by atoms with Gasteiger partial charge in [0.25, 0.3) is 0 Å². The van der Waals surface area contributed by atoms with Gasteiger partial charge in [-0.1, -0.05) is 6.92 Å². The minimum Gasteiger partial charge on any atom is -0.472 e. The molecule has 2 heteroatoms. The number of hydrogen-bond donors (Lipinski definition) is 0. The molecule has 2 nitrogen and oxygen atoms in total. The van der Waals surface area contributed by atoms with E-state index in [0.29, 0.717) is 12.3 Å². The zero-order valence-corrected chi connectivity index (χ0v) is 6.66. The Bertz CT molecular complexity index is 203. The van der Waals surface area contributed by atoms with Gasteiger partial charge in [-0.25, -0.2) is 0 Å². The predicted octanol–water partition coefficient (Wildman–Crippen LogP) is 2.03. The Morgan fingerprint density at radius 2 is 2.55 bits per heavy atom. The summed E-state index contributed by atoms with van der Waals surface area (Å²) < 4.78 is 4.95. The fourth-order valence-corrected chi connectivity index (χ4v) is 1.17. The van der Waals surface area contributed by atoms with Gasteiger partial charge in [-0.2, -0.15) is 5.41 Å². The molecule has 0 aliphatic rings. The van der Waals surface area contributed by atoms with E-state index in [1.54, 1.807) is 12.5 Å². The van der Waals surface area contributed by atoms with Gasteiger partial charge in [-0.15, -0.1) is 0 Å². The number of rotatable bonds is 4. The maximum absolute atomic E-state index is 8.61. The monoisotopic (exact) mass is 150 g/mol. The van der Waals surface area contributed by atoms with Gasteiger partial charge in [-0.05, 0) is 30.4 Å². The molecule has 0 N–H and O–H groups in total. The lowest BCUT2D eigenvalue weighted by molar-refractivity contribution is 0.557. The molecular weight excluding hydrogens is 138 g/mol. The minimum absolute atomic E-state index is 0.402. The van der Waals surface area contributed by atoms with Crippen molar-refractivity contribution in [3.05, 3.63) is 24.2 Å². The topological polar surface area (TPSA) is 35.4 Å². The van der Waals surface area contributed by atoms with Crippen molar-refractivity contribution in [3.63, 3.8) is 0 Å². The Balaban J connectivity index is 2.62. The summed E-state index contributed by atoms with van der Waals surface area (Å²) in [5.41, 5.74) is 1.16. The first-order valence-electron chi connectivity index (χ1n) is 3.86. The summed E-state index contributed by atoms with van der Waals surface area (Å²) in [5, 5.41) is 8.61. The van der Waals surface area contributed by atoms with Crippen LogP contribution in [0.2, 0.25) is 0 Å². The quantitative estimate of drug-likeness (QED) is 0.605. The summed E-state index contributed by atoms with van der Waals surface area (Å²) in [5.74, 6) is 0.402. The first-order valence-corrected chi connectivity index (χ1v) is 3.86. The Labute approximate surface area is 66.7 Å². The van der Waals surface area contributed by atoms with Crippen molar-refractivity contribution in [2.24, 2.45) is 0 Å². The van der Waals surface area contributed by atoms with Gasteiger partial charge < -0.3 is 4.42 Å². The highest BCUT2D eigenvalue weighted by Gasteiger charge is 2.08. The highest BCUT2D eigenvalue weighted by Crippen LogP contribution is 2.21. The van der Waals surface area contributed by atoms with Gasteiger partial charge in [0.2, 0.25) is 0 Å². The van der Waals surface area contributed by atoms with Gasteiger partial charge in [0.1, 0.15) is 0 Å². The van der Waals surface area contributed by atoms with E-state index in [9.17, 15) is 0 Å². The molecule has 0 fully saturated rings. The minimum atomic E-state index is 0.402. The summed E-state index contributed by atoms with van der Waals surface area (Å²) in [6.45, 7) is 2.10. The maximum Gasteiger partial charge on any atom is 0.0937 e. The smallest absolute Gasteiger partial charge is 0.0937 e. The molecule has 59 valence electrons. The van der Waals surface area contributed by atoms with Crippen molar-refractivity contribution in [2.45, 2.75) is 25.7 Å². The standard InChI is InChI=1S/C9H12NO/c1-2-8(3-5-10)9-4-6-11-7-9/h4-8H,2-3H2,1H3. The third-order valence-electron chi connectivity index (χ3n) is 1.90. The predicted molar refractivity (Wildman–Crippen MR) is 44.6 cm³/mol. The largest absolute Gasteiger partial charge is 0.472 e. The summed E-state index contributed by atoms with van der Waals surface area (Å²) in [6.07, 6.45) is 6.33. The molecule has 0 saturated heterocycles. The highest BCUT2D eigenvalue weighted by molar-refractivity contribution is 5.55. The second-order valence-corrected chi connectivity index (χ2v) is 2.58. The molecule has 1 unspecified atom stereocenters. The van der Waals surface area contributed by atoms with Crippen LogP contribution in [0.4, 0.5) is 0 Å². The van der Waals surface area contributed by atoms with Crippen molar-refractivity contribution >= 4 is 6.21 Å². The lowest BCUT2D eigenvalue weighted by Crippen LogP contribution is -1.96. The van der Waals surface area contributed by atoms with Crippen LogP contribution < -0.4 is 5.41 Å². The summed E-state index contributed by atoms with van der Waals surface area (Å²) >= 11 is 0. The molecule has 0 aliphatic heterocycles. The Hall–Kier alpha value is -1.05. The lowest BCUT2D eigenvalue weighted by Gasteiger charge is -2.07. The van der Waals surface area contributed by atoms with E-state index in [1.807, 2.05) is 6.07 Å². The molecule has 0 bridgehead atoms. The lowest BCUT2D eigenvalue weighted by atomic mass is 9.96. The van der Waals surface area contributed by atoms with Crippen molar-refractivity contribution in [3.8, 4) is 0 Å². The first-order chi connectivity index (χ1) is 5.38. The Morgan fingerprint density at radius 3 is 3.00 bits per heavy atom. The van der Waals surface area contributed by atoms with Crippen LogP contribution >= 0.6 is 0 Å². The van der Waals surface area contributed by atoms with Gasteiger partial charge in [0, 0.05) is 6.21 Å². The van der Waals surface area contributed by atoms with Gasteiger partial charge in [0.05, 0.1) is 12.5 Å². The van der Waals surface area contributed by atoms with Gasteiger partial charge >= 0.3 is 0 Å². The number of hydrogen-bond acceptors (Lipinski definition) is 1. The van der Waals surface area contributed by atoms with E-state index in [1.165, 1.54) is 6.21 Å². The first kappa shape index (κ1) is 8.05. The molecular formula is C9H12NO. The number of nitrogens with zero attached hydrogens (tertiary/aromatic N) is 1. The fraction of sp³-hybridized carbons (Fsp3) is 0.444. The van der Waals surface area contributed by atoms with E-state index < -0.39 is 0 Å². The Kier molecular flexibility index (Phi) is 2.90. The fourth-order valence-electron chi connectivity index (χ4n) is 1.17. The number of furan rings is 1. The van der Waals surface area contributed by atoms with E-state index in [2.05, 4.69) is 6.92 Å². The SMILES string of the molecule is CCC(CC=[N])c1ccoc1. The highest BCUT2D eigenvalue weighted by atomic mass is 16.3. The Morgan fingerprint density at radius 1 is 1.73 bits per heavy atom. The van der Waals surface area contributed by atoms with Crippen LogP contribution in [-0.2, 0) is 0 Å². The third kappa shape index (κ3) is 1.93. The van der Waals surface area contributed by atoms with Gasteiger partial charge in [0.15, 0.2) is 0 Å². The normalized spacial score (nSPS) is 12.8. The maximum atomic E-state index is 8.61. The van der Waals surface area contributed by atoms with Crippen molar-refractivity contribution in [1.82, 2.24) is 5.41 Å². The van der Waals surface area contributed by atoms with Crippen LogP contribution in [0.5, 0.6) is 0 Å². The molecule has 0 amide bonds. The average molecular weight is 150 g/mol. The summed E-state index contributed by atoms with van der Waals surface area (Å²) in [4.78, 5) is 0. The molecule has 0 spiro atoms. The van der Waals surface area contributed by atoms with Crippen LogP contribution in [0.1, 0.15) is 31.2 Å². The molecule has 0 aromatic carbocycles. The molecule has 1 heterocycles. The van der Waals surface area contributed by atoms with E-state index in [0.717, 1.165) is 12.0 Å². The van der Waals surface area contributed by atoms with Gasteiger partial charge in [-0.3, -0.25) is 0 Å². The molecule has 0 saturated carbocycles. The zero-order chi connectivity index (χ0) is 8.10. The van der Waals surface area contributed by atoms with Crippen molar-refractivity contribution in [1.29, 1.82) is 0 Å². The van der Waals surface area contributed by atoms with Crippen molar-refractivity contribution < 1.29 is 4.42 Å². The van der Waals surface area contributed by atoms with Crippen molar-refractivity contribution in [2.75, 3.05) is 0 Å². The molecule has 0 aliphatic carbocycles. The molecule has 1 atom stereocenters. The average Bonchev–Trinajstić information content (AvgIpc) is 2.52. The van der Waals surface area contributed by atoms with E-state index in [4.69, 9.17) is 9.83 Å². The van der Waals surface area contributed by atoms with E-state index >= 15 is 0 Å². The molecule has 11 heavy (non-hydrogen) atoms. The summed E-state index contributed by atoms with van der Waals surface area (Å²) in [6, 6.07) is 1.94. The van der Waals surface area contributed by atoms with Crippen LogP contribution in [0.15, 0.2) is 23.0 Å². The molecule has 1 radical (unpaired) electrons.